The molecule has 0 bridgehead atoms. The van der Waals surface area contributed by atoms with Gasteiger partial charge >= 0.3 is 0 Å². The van der Waals surface area contributed by atoms with Crippen LogP contribution in [0.5, 0.6) is 0 Å². The Bertz CT molecular complexity index is 1310. The molecule has 2 aromatic heterocycles. The molecule has 11 heteroatoms. The van der Waals surface area contributed by atoms with Gasteiger partial charge in [-0.05, 0) is 18.2 Å². The number of halogens is 3. The van der Waals surface area contributed by atoms with Crippen molar-refractivity contribution in [2.24, 2.45) is 0 Å². The molecule has 0 unspecified atom stereocenters. The van der Waals surface area contributed by atoms with Crippen molar-refractivity contribution in [3.63, 3.8) is 0 Å². The number of nitrogens with two attached hydrogens (primary N) is 1. The van der Waals surface area contributed by atoms with Crippen LogP contribution in [0.15, 0.2) is 30.3 Å². The average Bonchev–Trinajstić information content (AvgIpc) is 2.86. The van der Waals surface area contributed by atoms with E-state index in [1.165, 1.54) is 31.2 Å². The highest BCUT2D eigenvalue weighted by Gasteiger charge is 2.28. The maximum Gasteiger partial charge on any atom is 0.219 e. The van der Waals surface area contributed by atoms with Crippen LogP contribution in [0.25, 0.3) is 11.4 Å². The summed E-state index contributed by atoms with van der Waals surface area (Å²) in [5, 5.41) is 0. The monoisotopic (exact) mass is 497 g/mol. The van der Waals surface area contributed by atoms with Crippen LogP contribution in [-0.2, 0) is 24.3 Å². The lowest BCUT2D eigenvalue weighted by Crippen LogP contribution is -2.47. The minimum absolute atomic E-state index is 0.0362. The zero-order valence-electron chi connectivity index (χ0n) is 19.8. The quantitative estimate of drug-likeness (QED) is 0.593. The minimum atomic E-state index is -0.615. The van der Waals surface area contributed by atoms with E-state index in [9.17, 15) is 18.0 Å². The van der Waals surface area contributed by atoms with Crippen molar-refractivity contribution < 1.29 is 18.0 Å². The molecule has 0 radical (unpaired) electrons. The van der Waals surface area contributed by atoms with Gasteiger partial charge in [-0.2, -0.15) is 0 Å². The molecule has 5 rings (SSSR count). The number of piperazine rings is 1. The molecule has 188 valence electrons. The third kappa shape index (κ3) is 4.83. The summed E-state index contributed by atoms with van der Waals surface area (Å²) < 4.78 is 41.2. The van der Waals surface area contributed by atoms with Gasteiger partial charge in [-0.1, -0.05) is 6.07 Å². The van der Waals surface area contributed by atoms with Crippen molar-refractivity contribution in [1.82, 2.24) is 24.8 Å². The number of fused-ring (bicyclic) bond motifs is 1. The van der Waals surface area contributed by atoms with E-state index in [2.05, 4.69) is 14.8 Å². The van der Waals surface area contributed by atoms with Gasteiger partial charge in [0.1, 0.15) is 17.3 Å². The molecule has 8 nitrogen and oxygen atoms in total. The average molecular weight is 498 g/mol. The van der Waals surface area contributed by atoms with Crippen molar-refractivity contribution in [2.45, 2.75) is 26.4 Å². The molecule has 36 heavy (non-hydrogen) atoms. The molecule has 0 saturated carbocycles. The topological polar surface area (TPSA) is 91.5 Å². The Hall–Kier alpha value is -3.73. The summed E-state index contributed by atoms with van der Waals surface area (Å²) in [6.07, 6.45) is 0.581. The molecule has 1 fully saturated rings. The van der Waals surface area contributed by atoms with Crippen LogP contribution in [0.1, 0.15) is 23.9 Å². The predicted molar refractivity (Wildman–Crippen MR) is 128 cm³/mol. The molecular weight excluding hydrogens is 471 g/mol. The Morgan fingerprint density at radius 1 is 0.944 bits per heavy atom. The van der Waals surface area contributed by atoms with Gasteiger partial charge in [0, 0.05) is 64.2 Å². The van der Waals surface area contributed by atoms with Crippen LogP contribution in [0.3, 0.4) is 0 Å². The summed E-state index contributed by atoms with van der Waals surface area (Å²) in [5.74, 6) is -1.41. The standard InChI is InChI=1S/C25H26F3N7O/c1-15(36)35-7-6-20-22(14-35)30-23(21-5-4-18(27)24(29)31-21)25(32-20)34-10-8-33(9-11-34)13-16-2-3-17(26)12-19(16)28/h2-5,12H,6-11,13-14H2,1H3,(H2,29,31). The summed E-state index contributed by atoms with van der Waals surface area (Å²) >= 11 is 0. The third-order valence-corrected chi connectivity index (χ3v) is 6.63. The number of amides is 1. The van der Waals surface area contributed by atoms with Crippen molar-refractivity contribution in [1.29, 1.82) is 0 Å². The smallest absolute Gasteiger partial charge is 0.219 e. The van der Waals surface area contributed by atoms with E-state index in [1.54, 1.807) is 4.90 Å². The fraction of sp³-hybridized carbons (Fsp3) is 0.360. The summed E-state index contributed by atoms with van der Waals surface area (Å²) in [6.45, 7) is 5.26. The normalized spacial score (nSPS) is 16.2. The Labute approximate surface area is 206 Å². The number of nitrogen functional groups attached to an aromatic ring is 1. The number of benzene rings is 1. The largest absolute Gasteiger partial charge is 0.381 e. The van der Waals surface area contributed by atoms with E-state index < -0.39 is 17.5 Å². The fourth-order valence-corrected chi connectivity index (χ4v) is 4.58. The number of pyridine rings is 1. The van der Waals surface area contributed by atoms with Gasteiger partial charge in [-0.15, -0.1) is 0 Å². The highest BCUT2D eigenvalue weighted by Crippen LogP contribution is 2.31. The molecule has 0 aliphatic carbocycles. The van der Waals surface area contributed by atoms with Gasteiger partial charge in [-0.25, -0.2) is 28.1 Å². The van der Waals surface area contributed by atoms with Crippen LogP contribution >= 0.6 is 0 Å². The Morgan fingerprint density at radius 2 is 1.72 bits per heavy atom. The highest BCUT2D eigenvalue weighted by atomic mass is 19.1. The molecule has 3 aromatic rings. The molecule has 1 aromatic carbocycles. The molecule has 4 heterocycles. The first kappa shape index (κ1) is 24.0. The molecule has 2 aliphatic rings. The number of nitrogens with zero attached hydrogens (tertiary/aromatic N) is 6. The summed E-state index contributed by atoms with van der Waals surface area (Å²) in [5.41, 5.74) is 8.56. The zero-order chi connectivity index (χ0) is 25.4. The lowest BCUT2D eigenvalue weighted by Gasteiger charge is -2.37. The molecule has 1 amide bonds. The number of anilines is 2. The first-order chi connectivity index (χ1) is 17.3. The fourth-order valence-electron chi connectivity index (χ4n) is 4.58. The second-order valence-corrected chi connectivity index (χ2v) is 9.04. The van der Waals surface area contributed by atoms with Crippen LogP contribution in [0.2, 0.25) is 0 Å². The second kappa shape index (κ2) is 9.73. The van der Waals surface area contributed by atoms with Gasteiger partial charge in [0.15, 0.2) is 17.5 Å². The molecule has 0 spiro atoms. The van der Waals surface area contributed by atoms with Gasteiger partial charge < -0.3 is 15.5 Å². The minimum Gasteiger partial charge on any atom is -0.381 e. The number of carbonyl (C=O) groups excluding carboxylic acids is 1. The van der Waals surface area contributed by atoms with Crippen LogP contribution in [0, 0.1) is 17.5 Å². The van der Waals surface area contributed by atoms with Gasteiger partial charge in [0.25, 0.3) is 0 Å². The number of aromatic nitrogens is 3. The number of hydrogen-bond donors (Lipinski definition) is 1. The van der Waals surface area contributed by atoms with Crippen molar-refractivity contribution in [3.05, 3.63) is 64.7 Å². The van der Waals surface area contributed by atoms with Crippen molar-refractivity contribution in [3.8, 4) is 11.4 Å². The highest BCUT2D eigenvalue weighted by molar-refractivity contribution is 5.74. The van der Waals surface area contributed by atoms with E-state index in [4.69, 9.17) is 15.7 Å². The Balaban J connectivity index is 1.42. The van der Waals surface area contributed by atoms with Gasteiger partial charge in [0.05, 0.1) is 23.6 Å². The molecule has 1 saturated heterocycles. The van der Waals surface area contributed by atoms with Crippen LogP contribution in [-0.4, -0.2) is 63.4 Å². The molecule has 2 N–H and O–H groups in total. The first-order valence-corrected chi connectivity index (χ1v) is 11.8. The van der Waals surface area contributed by atoms with Gasteiger partial charge in [0.2, 0.25) is 5.91 Å². The predicted octanol–water partition coefficient (Wildman–Crippen LogP) is 2.76. The second-order valence-electron chi connectivity index (χ2n) is 9.04. The van der Waals surface area contributed by atoms with E-state index in [0.717, 1.165) is 11.8 Å². The maximum atomic E-state index is 14.1. The van der Waals surface area contributed by atoms with Crippen molar-refractivity contribution >= 4 is 17.5 Å². The number of carbonyl (C=O) groups is 1. The number of hydrogen-bond acceptors (Lipinski definition) is 7. The van der Waals surface area contributed by atoms with Gasteiger partial charge in [-0.3, -0.25) is 9.69 Å². The Morgan fingerprint density at radius 3 is 2.42 bits per heavy atom. The van der Waals surface area contributed by atoms with E-state index in [1.807, 2.05) is 0 Å². The Kier molecular flexibility index (Phi) is 6.48. The maximum absolute atomic E-state index is 14.1. The van der Waals surface area contributed by atoms with Crippen LogP contribution < -0.4 is 10.6 Å². The lowest BCUT2D eigenvalue weighted by molar-refractivity contribution is -0.129. The van der Waals surface area contributed by atoms with E-state index in [0.29, 0.717) is 80.7 Å². The lowest BCUT2D eigenvalue weighted by atomic mass is 10.1. The number of rotatable bonds is 4. The van der Waals surface area contributed by atoms with E-state index >= 15 is 0 Å². The van der Waals surface area contributed by atoms with E-state index in [-0.39, 0.29) is 11.7 Å². The summed E-state index contributed by atoms with van der Waals surface area (Å²) in [7, 11) is 0. The molecular formula is C25H26F3N7O. The molecule has 0 atom stereocenters. The summed E-state index contributed by atoms with van der Waals surface area (Å²) in [6, 6.07) is 6.40. The van der Waals surface area contributed by atoms with Crippen molar-refractivity contribution in [2.75, 3.05) is 43.4 Å². The van der Waals surface area contributed by atoms with Crippen LogP contribution in [0.4, 0.5) is 24.8 Å². The summed E-state index contributed by atoms with van der Waals surface area (Å²) in [4.78, 5) is 31.8. The molecule has 2 aliphatic heterocycles. The first-order valence-electron chi connectivity index (χ1n) is 11.8. The third-order valence-electron chi connectivity index (χ3n) is 6.63. The zero-order valence-corrected chi connectivity index (χ0v) is 19.8. The SMILES string of the molecule is CC(=O)N1CCc2nc(N3CCN(Cc4ccc(F)cc4F)CC3)c(-c3ccc(F)c(N)n3)nc2C1.